The molecule has 0 radical (unpaired) electrons. The molecule has 8 nitrogen and oxygen atoms in total. The Bertz CT molecular complexity index is 1050. The maximum absolute atomic E-state index is 9.54. The number of aryl methyl sites for hydroxylation is 1. The van der Waals surface area contributed by atoms with E-state index in [4.69, 9.17) is 16.3 Å². The quantitative estimate of drug-likeness (QED) is 0.482. The molecule has 2 aromatic heterocycles. The molecular weight excluding hydrogens is 306 g/mol. The summed E-state index contributed by atoms with van der Waals surface area (Å²) in [6.45, 7) is 3.89. The summed E-state index contributed by atoms with van der Waals surface area (Å²) in [4.78, 5) is 7.19. The van der Waals surface area contributed by atoms with Gasteiger partial charge in [0.15, 0.2) is 11.1 Å². The number of H-pyrrole nitrogens is 1. The van der Waals surface area contributed by atoms with Crippen LogP contribution in [-0.4, -0.2) is 21.6 Å². The second-order valence-electron chi connectivity index (χ2n) is 5.34. The maximum atomic E-state index is 9.54. The molecule has 3 rings (SSSR count). The molecule has 8 heteroatoms. The lowest BCUT2D eigenvalue weighted by Crippen LogP contribution is -2.13. The monoisotopic (exact) mass is 323 g/mol. The highest BCUT2D eigenvalue weighted by Gasteiger charge is 2.22. The van der Waals surface area contributed by atoms with Crippen LogP contribution in [0.3, 0.4) is 0 Å². The molecule has 2 heterocycles. The predicted molar refractivity (Wildman–Crippen MR) is 90.3 cm³/mol. The number of nitrogens with zero attached hydrogens (tertiary/aromatic N) is 4. The number of fused-ring (bicyclic) bond motifs is 1. The Kier molecular flexibility index (Phi) is 3.62. The first-order valence-corrected chi connectivity index (χ1v) is 7.21. The van der Waals surface area contributed by atoms with Gasteiger partial charge in [-0.2, -0.15) is 10.4 Å². The fourth-order valence-electron chi connectivity index (χ4n) is 2.97. The van der Waals surface area contributed by atoms with Crippen LogP contribution in [0.15, 0.2) is 23.6 Å². The SMILES string of the molecule is COc1ccc(C)c(-n2c(N)c(C#N)c3/c(=N/N)[nH]cnc32)c1C. The van der Waals surface area contributed by atoms with Gasteiger partial charge in [-0.1, -0.05) is 6.07 Å². The van der Waals surface area contributed by atoms with E-state index in [1.807, 2.05) is 26.0 Å². The zero-order valence-corrected chi connectivity index (χ0v) is 13.6. The number of rotatable bonds is 2. The van der Waals surface area contributed by atoms with E-state index in [1.54, 1.807) is 11.7 Å². The van der Waals surface area contributed by atoms with Gasteiger partial charge < -0.3 is 21.3 Å². The van der Waals surface area contributed by atoms with E-state index >= 15 is 0 Å². The average Bonchev–Trinajstić information content (AvgIpc) is 2.87. The minimum absolute atomic E-state index is 0.278. The summed E-state index contributed by atoms with van der Waals surface area (Å²) in [6, 6.07) is 5.94. The van der Waals surface area contributed by atoms with Crippen molar-refractivity contribution in [1.82, 2.24) is 14.5 Å². The molecule has 0 aliphatic heterocycles. The van der Waals surface area contributed by atoms with Crippen molar-refractivity contribution in [2.75, 3.05) is 12.8 Å². The lowest BCUT2D eigenvalue weighted by Gasteiger charge is -2.16. The van der Waals surface area contributed by atoms with Crippen LogP contribution in [-0.2, 0) is 0 Å². The second kappa shape index (κ2) is 5.62. The van der Waals surface area contributed by atoms with E-state index in [-0.39, 0.29) is 11.4 Å². The Labute approximate surface area is 138 Å². The summed E-state index contributed by atoms with van der Waals surface area (Å²) in [7, 11) is 1.61. The van der Waals surface area contributed by atoms with Crippen LogP contribution < -0.4 is 21.8 Å². The van der Waals surface area contributed by atoms with Gasteiger partial charge >= 0.3 is 0 Å². The molecule has 5 N–H and O–H groups in total. The van der Waals surface area contributed by atoms with Crippen LogP contribution in [0.1, 0.15) is 16.7 Å². The lowest BCUT2D eigenvalue weighted by molar-refractivity contribution is 0.411. The van der Waals surface area contributed by atoms with Crippen LogP contribution >= 0.6 is 0 Å². The summed E-state index contributed by atoms with van der Waals surface area (Å²) in [5.41, 5.74) is 10.1. The zero-order chi connectivity index (χ0) is 17.4. The summed E-state index contributed by atoms with van der Waals surface area (Å²) in [6.07, 6.45) is 1.47. The van der Waals surface area contributed by atoms with E-state index in [1.165, 1.54) is 6.33 Å². The molecule has 24 heavy (non-hydrogen) atoms. The van der Waals surface area contributed by atoms with Gasteiger partial charge in [0.05, 0.1) is 24.5 Å². The molecule has 0 saturated carbocycles. The largest absolute Gasteiger partial charge is 0.496 e. The van der Waals surface area contributed by atoms with Gasteiger partial charge in [-0.25, -0.2) is 4.98 Å². The van der Waals surface area contributed by atoms with Gasteiger partial charge in [0, 0.05) is 5.56 Å². The van der Waals surface area contributed by atoms with E-state index < -0.39 is 0 Å². The van der Waals surface area contributed by atoms with E-state index in [2.05, 4.69) is 21.1 Å². The highest BCUT2D eigenvalue weighted by Crippen LogP contribution is 2.34. The van der Waals surface area contributed by atoms with Crippen molar-refractivity contribution in [3.05, 3.63) is 40.6 Å². The molecule has 0 bridgehead atoms. The smallest absolute Gasteiger partial charge is 0.163 e. The standard InChI is InChI=1S/C16H17N7O/c1-8-4-5-11(24-3)9(2)13(8)23-14(18)10(6-17)12-15(22-19)20-7-21-16(12)23/h4-5,7H,18-19H2,1-3H3,(H,20,21,22). The molecule has 0 amide bonds. The van der Waals surface area contributed by atoms with Crippen molar-refractivity contribution in [2.24, 2.45) is 10.9 Å². The van der Waals surface area contributed by atoms with Gasteiger partial charge in [0.2, 0.25) is 0 Å². The average molecular weight is 323 g/mol. The number of nitriles is 1. The Hall–Kier alpha value is -3.47. The highest BCUT2D eigenvalue weighted by atomic mass is 16.5. The molecule has 0 spiro atoms. The fourth-order valence-corrected chi connectivity index (χ4v) is 2.97. The second-order valence-corrected chi connectivity index (χ2v) is 5.34. The van der Waals surface area contributed by atoms with E-state index in [0.29, 0.717) is 16.5 Å². The number of anilines is 1. The topological polar surface area (TPSA) is 131 Å². The molecule has 122 valence electrons. The van der Waals surface area contributed by atoms with Gasteiger partial charge in [-0.15, -0.1) is 0 Å². The lowest BCUT2D eigenvalue weighted by atomic mass is 10.1. The van der Waals surface area contributed by atoms with Crippen LogP contribution in [0.5, 0.6) is 5.75 Å². The Morgan fingerprint density at radius 3 is 2.75 bits per heavy atom. The molecule has 3 aromatic rings. The van der Waals surface area contributed by atoms with Crippen molar-refractivity contribution in [3.8, 4) is 17.5 Å². The fraction of sp³-hybridized carbons (Fsp3) is 0.188. The van der Waals surface area contributed by atoms with Gasteiger partial charge in [-0.05, 0) is 25.5 Å². The predicted octanol–water partition coefficient (Wildman–Crippen LogP) is 1.21. The maximum Gasteiger partial charge on any atom is 0.163 e. The third-order valence-corrected chi connectivity index (χ3v) is 4.07. The number of aromatic nitrogens is 3. The normalized spacial score (nSPS) is 11.7. The van der Waals surface area contributed by atoms with Crippen LogP contribution in [0, 0.1) is 25.2 Å². The Balaban J connectivity index is 2.55. The van der Waals surface area contributed by atoms with E-state index in [9.17, 15) is 5.26 Å². The van der Waals surface area contributed by atoms with Crippen molar-refractivity contribution in [1.29, 1.82) is 5.26 Å². The number of nitrogens with two attached hydrogens (primary N) is 2. The Morgan fingerprint density at radius 2 is 2.12 bits per heavy atom. The molecule has 0 fully saturated rings. The van der Waals surface area contributed by atoms with Crippen LogP contribution in [0.2, 0.25) is 0 Å². The number of hydrogen-bond acceptors (Lipinski definition) is 6. The van der Waals surface area contributed by atoms with Gasteiger partial charge in [-0.3, -0.25) is 4.57 Å². The molecule has 0 saturated heterocycles. The first-order chi connectivity index (χ1) is 11.5. The molecule has 0 unspecified atom stereocenters. The van der Waals surface area contributed by atoms with Gasteiger partial charge in [0.25, 0.3) is 0 Å². The Morgan fingerprint density at radius 1 is 1.38 bits per heavy atom. The first-order valence-electron chi connectivity index (χ1n) is 7.21. The van der Waals surface area contributed by atoms with Crippen molar-refractivity contribution in [2.45, 2.75) is 13.8 Å². The van der Waals surface area contributed by atoms with Gasteiger partial charge in [0.1, 0.15) is 23.2 Å². The number of nitrogen functional groups attached to an aromatic ring is 1. The van der Waals surface area contributed by atoms with Crippen molar-refractivity contribution in [3.63, 3.8) is 0 Å². The zero-order valence-electron chi connectivity index (χ0n) is 13.6. The minimum Gasteiger partial charge on any atom is -0.496 e. The van der Waals surface area contributed by atoms with Crippen LogP contribution in [0.25, 0.3) is 16.7 Å². The number of hydrogen-bond donors (Lipinski definition) is 3. The van der Waals surface area contributed by atoms with E-state index in [0.717, 1.165) is 22.6 Å². The number of benzene rings is 1. The summed E-state index contributed by atoms with van der Waals surface area (Å²) in [5.74, 6) is 6.43. The molecule has 0 atom stereocenters. The highest BCUT2D eigenvalue weighted by molar-refractivity contribution is 5.91. The third-order valence-electron chi connectivity index (χ3n) is 4.07. The number of aromatic amines is 1. The number of methoxy groups -OCH3 is 1. The van der Waals surface area contributed by atoms with Crippen LogP contribution in [0.4, 0.5) is 5.82 Å². The number of ether oxygens (including phenoxy) is 1. The molecule has 0 aliphatic carbocycles. The summed E-state index contributed by atoms with van der Waals surface area (Å²) < 4.78 is 7.15. The molecule has 0 aliphatic rings. The summed E-state index contributed by atoms with van der Waals surface area (Å²) >= 11 is 0. The van der Waals surface area contributed by atoms with Crippen molar-refractivity contribution < 1.29 is 4.74 Å². The number of nitrogens with one attached hydrogen (secondary N) is 1. The third kappa shape index (κ3) is 1.99. The summed E-state index contributed by atoms with van der Waals surface area (Å²) in [5, 5.41) is 13.7. The minimum atomic E-state index is 0.278. The molecular formula is C16H17N7O. The van der Waals surface area contributed by atoms with Crippen molar-refractivity contribution >= 4 is 16.9 Å². The first kappa shape index (κ1) is 15.4. The molecule has 1 aromatic carbocycles.